The van der Waals surface area contributed by atoms with Crippen LogP contribution in [-0.4, -0.2) is 33.6 Å². The normalized spacial score (nSPS) is 23.3. The fourth-order valence-electron chi connectivity index (χ4n) is 2.52. The number of aryl methyl sites for hydroxylation is 1. The molecule has 1 N–H and O–H groups in total. The average molecular weight is 249 g/mol. The van der Waals surface area contributed by atoms with Crippen molar-refractivity contribution < 1.29 is 9.90 Å². The second-order valence-electron chi connectivity index (χ2n) is 4.86. The van der Waals surface area contributed by atoms with Crippen LogP contribution in [0.4, 0.5) is 5.82 Å². The number of hydrogen-bond acceptors (Lipinski definition) is 4. The lowest BCUT2D eigenvalue weighted by atomic mass is 10.0. The summed E-state index contributed by atoms with van der Waals surface area (Å²) >= 11 is 0. The van der Waals surface area contributed by atoms with Crippen LogP contribution in [0.25, 0.3) is 0 Å². The first-order chi connectivity index (χ1) is 8.63. The minimum Gasteiger partial charge on any atom is -0.480 e. The number of hydrogen-bond donors (Lipinski definition) is 1. The Kier molecular flexibility index (Phi) is 3.79. The van der Waals surface area contributed by atoms with E-state index in [2.05, 4.69) is 16.9 Å². The molecule has 98 valence electrons. The van der Waals surface area contributed by atoms with Crippen LogP contribution >= 0.6 is 0 Å². The van der Waals surface area contributed by atoms with Gasteiger partial charge in [0.15, 0.2) is 0 Å². The van der Waals surface area contributed by atoms with Gasteiger partial charge in [-0.2, -0.15) is 0 Å². The van der Waals surface area contributed by atoms with E-state index in [1.165, 1.54) is 6.33 Å². The van der Waals surface area contributed by atoms with Gasteiger partial charge in [-0.15, -0.1) is 0 Å². The molecule has 1 fully saturated rings. The molecular weight excluding hydrogens is 230 g/mol. The Labute approximate surface area is 107 Å². The number of anilines is 1. The molecule has 1 aromatic heterocycles. The van der Waals surface area contributed by atoms with E-state index in [9.17, 15) is 9.90 Å². The molecule has 0 saturated carbocycles. The van der Waals surface area contributed by atoms with Gasteiger partial charge in [-0.1, -0.05) is 20.3 Å². The zero-order chi connectivity index (χ0) is 13.1. The van der Waals surface area contributed by atoms with Crippen LogP contribution in [0.1, 0.15) is 32.4 Å². The van der Waals surface area contributed by atoms with Crippen LogP contribution in [0, 0.1) is 5.92 Å². The molecule has 5 nitrogen and oxygen atoms in total. The molecule has 0 spiro atoms. The van der Waals surface area contributed by atoms with E-state index in [0.717, 1.165) is 37.3 Å². The fraction of sp³-hybridized carbons (Fsp3) is 0.615. The first kappa shape index (κ1) is 12.8. The molecule has 2 heterocycles. The van der Waals surface area contributed by atoms with Gasteiger partial charge in [0.25, 0.3) is 0 Å². The molecule has 0 amide bonds. The minimum absolute atomic E-state index is 0.159. The first-order valence-corrected chi connectivity index (χ1v) is 6.43. The lowest BCUT2D eigenvalue weighted by Gasteiger charge is -2.24. The highest BCUT2D eigenvalue weighted by molar-refractivity contribution is 5.78. The van der Waals surface area contributed by atoms with Crippen molar-refractivity contribution in [3.8, 4) is 0 Å². The van der Waals surface area contributed by atoms with E-state index < -0.39 is 12.0 Å². The monoisotopic (exact) mass is 249 g/mol. The summed E-state index contributed by atoms with van der Waals surface area (Å²) in [5, 5.41) is 9.30. The van der Waals surface area contributed by atoms with Crippen molar-refractivity contribution in [2.75, 3.05) is 11.4 Å². The van der Waals surface area contributed by atoms with Crippen LogP contribution in [0.2, 0.25) is 0 Å². The first-order valence-electron chi connectivity index (χ1n) is 6.43. The van der Waals surface area contributed by atoms with Gasteiger partial charge in [-0.25, -0.2) is 14.8 Å². The highest BCUT2D eigenvalue weighted by Crippen LogP contribution is 2.28. The average Bonchev–Trinajstić information content (AvgIpc) is 2.72. The van der Waals surface area contributed by atoms with E-state index in [4.69, 9.17) is 0 Å². The van der Waals surface area contributed by atoms with E-state index in [1.54, 1.807) is 0 Å². The molecule has 0 aliphatic carbocycles. The van der Waals surface area contributed by atoms with E-state index in [-0.39, 0.29) is 5.92 Å². The molecule has 18 heavy (non-hydrogen) atoms. The van der Waals surface area contributed by atoms with Crippen LogP contribution in [0.5, 0.6) is 0 Å². The summed E-state index contributed by atoms with van der Waals surface area (Å²) in [7, 11) is 0. The van der Waals surface area contributed by atoms with Crippen molar-refractivity contribution in [2.24, 2.45) is 5.92 Å². The summed E-state index contributed by atoms with van der Waals surface area (Å²) in [5.74, 6) is 0.132. The number of carboxylic acid groups (broad SMARTS) is 1. The fourth-order valence-corrected chi connectivity index (χ4v) is 2.52. The lowest BCUT2D eigenvalue weighted by molar-refractivity contribution is -0.139. The van der Waals surface area contributed by atoms with Crippen molar-refractivity contribution in [3.05, 3.63) is 18.1 Å². The highest BCUT2D eigenvalue weighted by Gasteiger charge is 2.37. The van der Waals surface area contributed by atoms with Crippen molar-refractivity contribution >= 4 is 11.8 Å². The summed E-state index contributed by atoms with van der Waals surface area (Å²) in [6.07, 6.45) is 4.35. The molecule has 0 bridgehead atoms. The Balaban J connectivity index is 2.25. The van der Waals surface area contributed by atoms with Gasteiger partial charge in [0, 0.05) is 18.3 Å². The number of nitrogens with zero attached hydrogens (tertiary/aromatic N) is 3. The van der Waals surface area contributed by atoms with Crippen LogP contribution in [-0.2, 0) is 11.2 Å². The largest absolute Gasteiger partial charge is 0.480 e. The van der Waals surface area contributed by atoms with Crippen LogP contribution in [0.3, 0.4) is 0 Å². The molecule has 2 atom stereocenters. The zero-order valence-corrected chi connectivity index (χ0v) is 10.8. The molecule has 2 rings (SSSR count). The summed E-state index contributed by atoms with van der Waals surface area (Å²) in [5.41, 5.74) is 0.978. The summed E-state index contributed by atoms with van der Waals surface area (Å²) < 4.78 is 0. The molecule has 5 heteroatoms. The third-order valence-corrected chi connectivity index (χ3v) is 3.46. The topological polar surface area (TPSA) is 66.3 Å². The van der Waals surface area contributed by atoms with E-state index in [0.29, 0.717) is 0 Å². The number of rotatable bonds is 4. The number of carbonyl (C=O) groups is 1. The Bertz CT molecular complexity index is 436. The van der Waals surface area contributed by atoms with Gasteiger partial charge >= 0.3 is 5.97 Å². The smallest absolute Gasteiger partial charge is 0.326 e. The molecule has 1 aliphatic rings. The maximum atomic E-state index is 11.3. The Morgan fingerprint density at radius 2 is 2.33 bits per heavy atom. The van der Waals surface area contributed by atoms with Gasteiger partial charge in [0.1, 0.15) is 18.2 Å². The molecule has 1 saturated heterocycles. The number of aromatic nitrogens is 2. The quantitative estimate of drug-likeness (QED) is 0.880. The van der Waals surface area contributed by atoms with Crippen molar-refractivity contribution in [3.63, 3.8) is 0 Å². The van der Waals surface area contributed by atoms with Crippen molar-refractivity contribution in [1.82, 2.24) is 9.97 Å². The predicted molar refractivity (Wildman–Crippen MR) is 68.6 cm³/mol. The zero-order valence-electron chi connectivity index (χ0n) is 10.8. The van der Waals surface area contributed by atoms with Crippen LogP contribution in [0.15, 0.2) is 12.4 Å². The summed E-state index contributed by atoms with van der Waals surface area (Å²) in [4.78, 5) is 21.6. The van der Waals surface area contributed by atoms with Crippen LogP contribution < -0.4 is 4.90 Å². The van der Waals surface area contributed by atoms with Gasteiger partial charge < -0.3 is 10.0 Å². The standard InChI is InChI=1S/C13H19N3O2/c1-3-4-10-7-11(15-8-14-10)16-6-5-9(2)12(16)13(17)18/h7-9,12H,3-6H2,1-2H3,(H,17,18). The Morgan fingerprint density at radius 1 is 1.56 bits per heavy atom. The Hall–Kier alpha value is -1.65. The Morgan fingerprint density at radius 3 is 3.00 bits per heavy atom. The van der Waals surface area contributed by atoms with Gasteiger partial charge in [-0.05, 0) is 18.8 Å². The molecule has 1 aromatic rings. The summed E-state index contributed by atoms with van der Waals surface area (Å²) in [6.45, 7) is 4.83. The van der Waals surface area contributed by atoms with Crippen molar-refractivity contribution in [2.45, 2.75) is 39.2 Å². The molecular formula is C13H19N3O2. The molecule has 0 aromatic carbocycles. The van der Waals surface area contributed by atoms with E-state index >= 15 is 0 Å². The second kappa shape index (κ2) is 5.33. The highest BCUT2D eigenvalue weighted by atomic mass is 16.4. The maximum Gasteiger partial charge on any atom is 0.326 e. The lowest BCUT2D eigenvalue weighted by Crippen LogP contribution is -2.39. The van der Waals surface area contributed by atoms with Gasteiger partial charge in [0.05, 0.1) is 0 Å². The van der Waals surface area contributed by atoms with Gasteiger partial charge in [-0.3, -0.25) is 0 Å². The third-order valence-electron chi connectivity index (χ3n) is 3.46. The maximum absolute atomic E-state index is 11.3. The number of aliphatic carboxylic acids is 1. The van der Waals surface area contributed by atoms with Crippen molar-refractivity contribution in [1.29, 1.82) is 0 Å². The minimum atomic E-state index is -0.768. The predicted octanol–water partition coefficient (Wildman–Crippen LogP) is 1.73. The molecule has 2 unspecified atom stereocenters. The SMILES string of the molecule is CCCc1cc(N2CCC(C)C2C(=O)O)ncn1. The van der Waals surface area contributed by atoms with E-state index in [1.807, 2.05) is 17.9 Å². The molecule has 1 aliphatic heterocycles. The summed E-state index contributed by atoms with van der Waals surface area (Å²) in [6, 6.07) is 1.45. The third kappa shape index (κ3) is 2.44. The second-order valence-corrected chi connectivity index (χ2v) is 4.86. The number of carboxylic acids is 1. The van der Waals surface area contributed by atoms with Gasteiger partial charge in [0.2, 0.25) is 0 Å². The molecule has 0 radical (unpaired) electrons.